The van der Waals surface area contributed by atoms with Crippen molar-refractivity contribution in [3.05, 3.63) is 54.1 Å². The number of amides is 3. The van der Waals surface area contributed by atoms with E-state index >= 15 is 0 Å². The van der Waals surface area contributed by atoms with Crippen molar-refractivity contribution >= 4 is 29.7 Å². The minimum Gasteiger partial charge on any atom is -0.481 e. The molecule has 0 fully saturated rings. The Hall–Kier alpha value is -4.30. The number of hydrogen-bond donors (Lipinski definition) is 8. The Morgan fingerprint density at radius 3 is 2.16 bits per heavy atom. The van der Waals surface area contributed by atoms with Gasteiger partial charge in [-0.1, -0.05) is 30.3 Å². The second kappa shape index (κ2) is 14.4. The van der Waals surface area contributed by atoms with Gasteiger partial charge in [-0.15, -0.1) is 0 Å². The average Bonchev–Trinajstić information content (AvgIpc) is 3.37. The van der Waals surface area contributed by atoms with E-state index < -0.39 is 66.4 Å². The number of H-pyrrole nitrogens is 1. The van der Waals surface area contributed by atoms with Gasteiger partial charge in [0.25, 0.3) is 0 Å². The molecule has 206 valence electrons. The fraction of sp³-hybridized carbons (Fsp3) is 0.417. The van der Waals surface area contributed by atoms with Gasteiger partial charge in [-0.2, -0.15) is 0 Å². The standard InChI is InChI=1S/C24H32N6O8/c1-13(31)20(30-21(34)16(25)10-15-11-26-12-27-15)23(36)29-18(9-14-5-3-2-4-6-14)22(35)28-17(24(37)38)7-8-19(32)33/h2-6,11-13,16-18,20,31H,7-10,25H2,1H3,(H,26,27)(H,28,35)(H,29,36)(H,30,34)(H,32,33)(H,37,38). The molecule has 14 nitrogen and oxygen atoms in total. The number of carbonyl (C=O) groups excluding carboxylic acids is 3. The number of aromatic amines is 1. The van der Waals surface area contributed by atoms with Crippen LogP contribution < -0.4 is 21.7 Å². The zero-order chi connectivity index (χ0) is 28.2. The fourth-order valence-electron chi connectivity index (χ4n) is 3.51. The number of nitrogens with one attached hydrogen (secondary N) is 4. The van der Waals surface area contributed by atoms with E-state index in [9.17, 15) is 34.2 Å². The van der Waals surface area contributed by atoms with Crippen LogP contribution >= 0.6 is 0 Å². The van der Waals surface area contributed by atoms with Crippen molar-refractivity contribution in [3.8, 4) is 0 Å². The van der Waals surface area contributed by atoms with Crippen LogP contribution in [0.3, 0.4) is 0 Å². The summed E-state index contributed by atoms with van der Waals surface area (Å²) in [4.78, 5) is 67.8. The lowest BCUT2D eigenvalue weighted by atomic mass is 10.0. The van der Waals surface area contributed by atoms with Crippen LogP contribution in [0.5, 0.6) is 0 Å². The molecular weight excluding hydrogens is 500 g/mol. The number of imidazole rings is 1. The fourth-order valence-corrected chi connectivity index (χ4v) is 3.51. The van der Waals surface area contributed by atoms with Crippen LogP contribution in [0.4, 0.5) is 0 Å². The number of aliphatic hydroxyl groups excluding tert-OH is 1. The molecule has 1 aromatic heterocycles. The molecule has 0 bridgehead atoms. The van der Waals surface area contributed by atoms with Crippen molar-refractivity contribution < 1.29 is 39.3 Å². The Morgan fingerprint density at radius 1 is 0.947 bits per heavy atom. The predicted molar refractivity (Wildman–Crippen MR) is 132 cm³/mol. The molecule has 9 N–H and O–H groups in total. The maximum absolute atomic E-state index is 13.1. The normalized spacial score (nSPS) is 14.8. The molecule has 14 heteroatoms. The Labute approximate surface area is 218 Å². The molecule has 1 heterocycles. The number of carbonyl (C=O) groups is 5. The summed E-state index contributed by atoms with van der Waals surface area (Å²) in [5.41, 5.74) is 7.12. The first kappa shape index (κ1) is 29.9. The summed E-state index contributed by atoms with van der Waals surface area (Å²) in [5, 5.41) is 35.5. The number of nitrogens with zero attached hydrogens (tertiary/aromatic N) is 1. The number of nitrogens with two attached hydrogens (primary N) is 1. The molecule has 2 rings (SSSR count). The van der Waals surface area contributed by atoms with Gasteiger partial charge in [0, 0.05) is 31.2 Å². The second-order valence-corrected chi connectivity index (χ2v) is 8.70. The highest BCUT2D eigenvalue weighted by molar-refractivity contribution is 5.94. The predicted octanol–water partition coefficient (Wildman–Crippen LogP) is -1.69. The summed E-state index contributed by atoms with van der Waals surface area (Å²) < 4.78 is 0. The number of rotatable bonds is 15. The molecule has 2 aromatic rings. The Morgan fingerprint density at radius 2 is 1.61 bits per heavy atom. The highest BCUT2D eigenvalue weighted by Gasteiger charge is 2.32. The zero-order valence-electron chi connectivity index (χ0n) is 20.7. The van der Waals surface area contributed by atoms with E-state index in [1.54, 1.807) is 30.3 Å². The summed E-state index contributed by atoms with van der Waals surface area (Å²) in [6.45, 7) is 1.27. The number of aliphatic carboxylic acids is 2. The molecule has 5 atom stereocenters. The van der Waals surface area contributed by atoms with Crippen molar-refractivity contribution in [2.75, 3.05) is 0 Å². The van der Waals surface area contributed by atoms with Gasteiger partial charge in [-0.05, 0) is 18.9 Å². The zero-order valence-corrected chi connectivity index (χ0v) is 20.7. The quantitative estimate of drug-likeness (QED) is 0.129. The third-order valence-corrected chi connectivity index (χ3v) is 5.57. The van der Waals surface area contributed by atoms with Crippen molar-refractivity contribution in [2.24, 2.45) is 5.73 Å². The lowest BCUT2D eigenvalue weighted by Crippen LogP contribution is -2.60. The average molecular weight is 533 g/mol. The molecule has 3 amide bonds. The van der Waals surface area contributed by atoms with Crippen LogP contribution in [0.15, 0.2) is 42.9 Å². The van der Waals surface area contributed by atoms with Crippen molar-refractivity contribution in [1.82, 2.24) is 25.9 Å². The van der Waals surface area contributed by atoms with Gasteiger partial charge in [0.1, 0.15) is 18.1 Å². The van der Waals surface area contributed by atoms with Crippen molar-refractivity contribution in [1.29, 1.82) is 0 Å². The molecule has 1 aromatic carbocycles. The first-order valence-corrected chi connectivity index (χ1v) is 11.8. The molecule has 0 aliphatic carbocycles. The summed E-state index contributed by atoms with van der Waals surface area (Å²) in [6, 6.07) is 3.16. The van der Waals surface area contributed by atoms with E-state index in [0.717, 1.165) is 0 Å². The number of carboxylic acids is 2. The SMILES string of the molecule is CC(O)C(NC(=O)C(N)Cc1cnc[nH]1)C(=O)NC(Cc1ccccc1)C(=O)NC(CCC(=O)O)C(=O)O. The van der Waals surface area contributed by atoms with Crippen molar-refractivity contribution in [2.45, 2.75) is 62.9 Å². The van der Waals surface area contributed by atoms with Gasteiger partial charge in [-0.3, -0.25) is 19.2 Å². The highest BCUT2D eigenvalue weighted by Crippen LogP contribution is 2.07. The van der Waals surface area contributed by atoms with E-state index in [1.807, 2.05) is 0 Å². The highest BCUT2D eigenvalue weighted by atomic mass is 16.4. The molecule has 5 unspecified atom stereocenters. The van der Waals surface area contributed by atoms with E-state index in [2.05, 4.69) is 25.9 Å². The van der Waals surface area contributed by atoms with E-state index in [-0.39, 0.29) is 19.3 Å². The molecule has 0 aliphatic rings. The van der Waals surface area contributed by atoms with Crippen LogP contribution in [-0.4, -0.2) is 85.2 Å². The molecular formula is C24H32N6O8. The van der Waals surface area contributed by atoms with Gasteiger partial charge in [-0.25, -0.2) is 9.78 Å². The largest absolute Gasteiger partial charge is 0.481 e. The molecule has 0 saturated heterocycles. The summed E-state index contributed by atoms with van der Waals surface area (Å²) >= 11 is 0. The van der Waals surface area contributed by atoms with Crippen LogP contribution in [0.2, 0.25) is 0 Å². The molecule has 0 saturated carbocycles. The van der Waals surface area contributed by atoms with Crippen LogP contribution in [0.1, 0.15) is 31.0 Å². The first-order valence-electron chi connectivity index (χ1n) is 11.8. The smallest absolute Gasteiger partial charge is 0.326 e. The molecule has 0 radical (unpaired) electrons. The minimum absolute atomic E-state index is 0.0521. The third kappa shape index (κ3) is 9.63. The number of aliphatic hydroxyl groups is 1. The summed E-state index contributed by atoms with van der Waals surface area (Å²) in [6.07, 6.45) is 0.696. The van der Waals surface area contributed by atoms with E-state index in [4.69, 9.17) is 10.8 Å². The monoisotopic (exact) mass is 532 g/mol. The summed E-state index contributed by atoms with van der Waals surface area (Å²) in [5.74, 6) is -5.20. The van der Waals surface area contributed by atoms with Crippen LogP contribution in [0.25, 0.3) is 0 Å². The maximum Gasteiger partial charge on any atom is 0.326 e. The lowest BCUT2D eigenvalue weighted by molar-refractivity contribution is -0.143. The lowest BCUT2D eigenvalue weighted by Gasteiger charge is -2.26. The van der Waals surface area contributed by atoms with Crippen LogP contribution in [0, 0.1) is 0 Å². The van der Waals surface area contributed by atoms with E-state index in [1.165, 1.54) is 19.4 Å². The van der Waals surface area contributed by atoms with Gasteiger partial charge in [0.05, 0.1) is 18.5 Å². The van der Waals surface area contributed by atoms with Crippen molar-refractivity contribution in [3.63, 3.8) is 0 Å². The summed E-state index contributed by atoms with van der Waals surface area (Å²) in [7, 11) is 0. The number of aromatic nitrogens is 2. The van der Waals surface area contributed by atoms with Crippen LogP contribution in [-0.2, 0) is 36.8 Å². The van der Waals surface area contributed by atoms with E-state index in [0.29, 0.717) is 11.3 Å². The maximum atomic E-state index is 13.1. The third-order valence-electron chi connectivity index (χ3n) is 5.57. The van der Waals surface area contributed by atoms with Gasteiger partial charge < -0.3 is 42.0 Å². The second-order valence-electron chi connectivity index (χ2n) is 8.70. The molecule has 38 heavy (non-hydrogen) atoms. The molecule has 0 aliphatic heterocycles. The Kier molecular flexibility index (Phi) is 11.4. The molecule has 0 spiro atoms. The Balaban J connectivity index is 2.17. The Bertz CT molecular complexity index is 1090. The minimum atomic E-state index is -1.51. The topological polar surface area (TPSA) is 237 Å². The van der Waals surface area contributed by atoms with Gasteiger partial charge >= 0.3 is 11.9 Å². The number of benzene rings is 1. The number of hydrogen-bond acceptors (Lipinski definition) is 8. The number of carboxylic acid groups (broad SMARTS) is 2. The van der Waals surface area contributed by atoms with Gasteiger partial charge in [0.15, 0.2) is 0 Å². The first-order chi connectivity index (χ1) is 18.0. The van der Waals surface area contributed by atoms with Gasteiger partial charge in [0.2, 0.25) is 17.7 Å².